The Morgan fingerprint density at radius 2 is 0.977 bits per heavy atom. The van der Waals surface area contributed by atoms with Crippen LogP contribution in [0.2, 0.25) is 0 Å². The smallest absolute Gasteiger partial charge is 0.267 e. The summed E-state index contributed by atoms with van der Waals surface area (Å²) in [5.41, 5.74) is 0. The van der Waals surface area contributed by atoms with Gasteiger partial charge in [-0.05, 0) is 57.8 Å². The summed E-state index contributed by atoms with van der Waals surface area (Å²) in [5.74, 6) is -1.01. The summed E-state index contributed by atoms with van der Waals surface area (Å²) in [6.45, 7) is 4.48. The van der Waals surface area contributed by atoms with Crippen LogP contribution in [0.25, 0.3) is 0 Å². The lowest BCUT2D eigenvalue weighted by Crippen LogP contribution is -2.46. The number of carbonyl (C=O) groups is 1. The Morgan fingerprint density at radius 1 is 0.591 bits per heavy atom. The third kappa shape index (κ3) is 32.0. The van der Waals surface area contributed by atoms with Crippen LogP contribution in [0.5, 0.6) is 0 Å². The lowest BCUT2D eigenvalue weighted by molar-refractivity contribution is -0.122. The fraction of sp³-hybridized carbons (Fsp3) is 0.811. The number of aliphatic hydroxyl groups is 1. The largest absolute Gasteiger partial charge is 0.387 e. The lowest BCUT2D eigenvalue weighted by atomic mass is 10.1. The zero-order valence-electron chi connectivity index (χ0n) is 28.5. The molecule has 0 aliphatic rings. The molecule has 0 bridgehead atoms. The Balaban J connectivity index is 4.07. The normalized spacial score (nSPS) is 13.8. The monoisotopic (exact) mass is 639 g/mol. The lowest BCUT2D eigenvalue weighted by Gasteiger charge is -2.21. The second-order valence-electron chi connectivity index (χ2n) is 12.5. The molecule has 0 heterocycles. The van der Waals surface area contributed by atoms with Gasteiger partial charge in [-0.1, -0.05) is 147 Å². The van der Waals surface area contributed by atoms with E-state index in [2.05, 4.69) is 43.5 Å². The molecule has 0 saturated heterocycles. The molecule has 0 aromatic carbocycles. The van der Waals surface area contributed by atoms with E-state index in [1.165, 1.54) is 102 Å². The predicted molar refractivity (Wildman–Crippen MR) is 189 cm³/mol. The van der Waals surface area contributed by atoms with Gasteiger partial charge in [-0.3, -0.25) is 9.35 Å². The van der Waals surface area contributed by atoms with Crippen LogP contribution in [0.1, 0.15) is 174 Å². The van der Waals surface area contributed by atoms with E-state index in [4.69, 9.17) is 0 Å². The number of allylic oxidation sites excluding steroid dienone is 5. The number of hydrogen-bond acceptors (Lipinski definition) is 4. The number of unbranched alkanes of at least 4 members (excludes halogenated alkanes) is 20. The standard InChI is InChI=1S/C37H69NO5S/c1-3-5-7-9-11-13-15-17-18-19-21-22-24-26-28-30-32-36(39)35(34-44(41,42)43)38-37(40)33-31-29-27-25-23-20-16-14-12-10-8-6-4-2/h14,16,22,24,30,32,35-36,39H,3-13,15,17-21,23,25-29,31,33-34H2,1-2H3,(H,38,40)(H,41,42,43)/b16-14-,24-22+,32-30+. The topological polar surface area (TPSA) is 104 Å². The van der Waals surface area contributed by atoms with Gasteiger partial charge in [-0.2, -0.15) is 8.42 Å². The summed E-state index contributed by atoms with van der Waals surface area (Å²) in [6.07, 6.45) is 39.8. The number of hydrogen-bond donors (Lipinski definition) is 3. The number of aliphatic hydroxyl groups excluding tert-OH is 1. The average Bonchev–Trinajstić information content (AvgIpc) is 2.98. The molecule has 0 aliphatic carbocycles. The number of nitrogens with one attached hydrogen (secondary N) is 1. The van der Waals surface area contributed by atoms with Crippen molar-refractivity contribution in [3.8, 4) is 0 Å². The number of carbonyl (C=O) groups excluding carboxylic acids is 1. The Bertz CT molecular complexity index is 837. The first-order chi connectivity index (χ1) is 21.3. The van der Waals surface area contributed by atoms with E-state index >= 15 is 0 Å². The molecule has 0 aliphatic heterocycles. The van der Waals surface area contributed by atoms with Crippen LogP contribution in [-0.2, 0) is 14.9 Å². The van der Waals surface area contributed by atoms with Crippen LogP contribution in [0.4, 0.5) is 0 Å². The molecule has 7 heteroatoms. The van der Waals surface area contributed by atoms with Crippen molar-refractivity contribution in [1.29, 1.82) is 0 Å². The highest BCUT2D eigenvalue weighted by molar-refractivity contribution is 7.85. The van der Waals surface area contributed by atoms with Gasteiger partial charge in [0.05, 0.1) is 17.9 Å². The molecule has 2 atom stereocenters. The number of rotatable bonds is 32. The molecule has 0 radical (unpaired) electrons. The van der Waals surface area contributed by atoms with Crippen molar-refractivity contribution >= 4 is 16.0 Å². The molecule has 0 fully saturated rings. The second-order valence-corrected chi connectivity index (χ2v) is 14.0. The fourth-order valence-corrected chi connectivity index (χ4v) is 6.02. The quantitative estimate of drug-likeness (QED) is 0.0386. The van der Waals surface area contributed by atoms with Gasteiger partial charge >= 0.3 is 0 Å². The Morgan fingerprint density at radius 3 is 1.45 bits per heavy atom. The molecule has 0 saturated carbocycles. The van der Waals surface area contributed by atoms with Crippen LogP contribution in [0.15, 0.2) is 36.5 Å². The molecule has 0 spiro atoms. The van der Waals surface area contributed by atoms with Gasteiger partial charge in [0.15, 0.2) is 0 Å². The van der Waals surface area contributed by atoms with Gasteiger partial charge < -0.3 is 10.4 Å². The van der Waals surface area contributed by atoms with Crippen molar-refractivity contribution in [2.45, 2.75) is 187 Å². The van der Waals surface area contributed by atoms with Crippen molar-refractivity contribution in [3.05, 3.63) is 36.5 Å². The Labute approximate surface area is 272 Å². The molecule has 0 aromatic rings. The summed E-state index contributed by atoms with van der Waals surface area (Å²) in [7, 11) is -4.35. The van der Waals surface area contributed by atoms with Crippen LogP contribution >= 0.6 is 0 Å². The van der Waals surface area contributed by atoms with Gasteiger partial charge in [0, 0.05) is 6.42 Å². The van der Waals surface area contributed by atoms with Crippen LogP contribution in [0.3, 0.4) is 0 Å². The number of amides is 1. The molecular formula is C37H69NO5S. The SMILES string of the molecule is CCCCCC/C=C\CCCCCCCC(=O)NC(CS(=O)(=O)O)C(O)/C=C/CC/C=C/CCCCCCCCCCCC. The zero-order chi connectivity index (χ0) is 32.6. The maximum atomic E-state index is 12.4. The van der Waals surface area contributed by atoms with Crippen molar-refractivity contribution in [2.24, 2.45) is 0 Å². The highest BCUT2D eigenvalue weighted by atomic mass is 32.2. The summed E-state index contributed by atoms with van der Waals surface area (Å²) < 4.78 is 32.3. The van der Waals surface area contributed by atoms with Gasteiger partial charge in [0.1, 0.15) is 0 Å². The first kappa shape index (κ1) is 42.6. The molecule has 0 rings (SSSR count). The van der Waals surface area contributed by atoms with Gasteiger partial charge in [-0.25, -0.2) is 0 Å². The maximum Gasteiger partial charge on any atom is 0.267 e. The second kappa shape index (κ2) is 31.5. The van der Waals surface area contributed by atoms with E-state index in [0.717, 1.165) is 51.4 Å². The third-order valence-electron chi connectivity index (χ3n) is 8.04. The highest BCUT2D eigenvalue weighted by Gasteiger charge is 2.24. The van der Waals surface area contributed by atoms with Gasteiger partial charge in [0.25, 0.3) is 10.1 Å². The first-order valence-corrected chi connectivity index (χ1v) is 19.8. The van der Waals surface area contributed by atoms with Crippen molar-refractivity contribution in [2.75, 3.05) is 5.75 Å². The molecular weight excluding hydrogens is 570 g/mol. The molecule has 44 heavy (non-hydrogen) atoms. The summed E-state index contributed by atoms with van der Waals surface area (Å²) in [4.78, 5) is 12.4. The third-order valence-corrected chi connectivity index (χ3v) is 8.82. The molecule has 2 unspecified atom stereocenters. The molecule has 3 N–H and O–H groups in total. The summed E-state index contributed by atoms with van der Waals surface area (Å²) >= 11 is 0. The van der Waals surface area contributed by atoms with E-state index in [-0.39, 0.29) is 12.3 Å². The van der Waals surface area contributed by atoms with Crippen LogP contribution in [0, 0.1) is 0 Å². The predicted octanol–water partition coefficient (Wildman–Crippen LogP) is 10.2. The minimum atomic E-state index is -4.35. The van der Waals surface area contributed by atoms with Gasteiger partial charge in [-0.15, -0.1) is 0 Å². The van der Waals surface area contributed by atoms with Crippen molar-refractivity contribution < 1.29 is 22.9 Å². The van der Waals surface area contributed by atoms with E-state index in [1.54, 1.807) is 6.08 Å². The molecule has 0 aromatic heterocycles. The minimum absolute atomic E-state index is 0.278. The first-order valence-electron chi connectivity index (χ1n) is 18.2. The highest BCUT2D eigenvalue weighted by Crippen LogP contribution is 2.12. The van der Waals surface area contributed by atoms with E-state index in [9.17, 15) is 22.9 Å². The van der Waals surface area contributed by atoms with Crippen molar-refractivity contribution in [3.63, 3.8) is 0 Å². The van der Waals surface area contributed by atoms with Crippen LogP contribution < -0.4 is 5.32 Å². The van der Waals surface area contributed by atoms with E-state index < -0.39 is 28.0 Å². The van der Waals surface area contributed by atoms with Gasteiger partial charge in [0.2, 0.25) is 5.91 Å². The fourth-order valence-electron chi connectivity index (χ4n) is 5.28. The van der Waals surface area contributed by atoms with Crippen molar-refractivity contribution in [1.82, 2.24) is 5.32 Å². The minimum Gasteiger partial charge on any atom is -0.387 e. The Kier molecular flexibility index (Phi) is 30.5. The summed E-state index contributed by atoms with van der Waals surface area (Å²) in [6, 6.07) is -1.07. The van der Waals surface area contributed by atoms with E-state index in [1.807, 2.05) is 0 Å². The van der Waals surface area contributed by atoms with E-state index in [0.29, 0.717) is 6.42 Å². The average molecular weight is 640 g/mol. The van der Waals surface area contributed by atoms with Crippen LogP contribution in [-0.4, -0.2) is 41.9 Å². The molecule has 1 amide bonds. The maximum absolute atomic E-state index is 12.4. The Hall–Kier alpha value is -1.44. The zero-order valence-corrected chi connectivity index (χ0v) is 29.3. The summed E-state index contributed by atoms with van der Waals surface area (Å²) in [5, 5.41) is 13.1. The molecule has 258 valence electrons. The molecule has 6 nitrogen and oxygen atoms in total.